The van der Waals surface area contributed by atoms with E-state index < -0.39 is 0 Å². The van der Waals surface area contributed by atoms with Crippen LogP contribution < -0.4 is 5.32 Å². The molecule has 4 nitrogen and oxygen atoms in total. The van der Waals surface area contributed by atoms with Crippen molar-refractivity contribution < 1.29 is 4.42 Å². The van der Waals surface area contributed by atoms with Crippen molar-refractivity contribution in [2.24, 2.45) is 0 Å². The molecule has 0 aliphatic rings. The highest BCUT2D eigenvalue weighted by molar-refractivity contribution is 5.25. The smallest absolute Gasteiger partial charge is 0.230 e. The first kappa shape index (κ1) is 14.7. The minimum Gasteiger partial charge on any atom is -0.424 e. The Balaban J connectivity index is 2.07. The van der Waals surface area contributed by atoms with Crippen LogP contribution in [0.25, 0.3) is 0 Å². The molecule has 1 aromatic carbocycles. The van der Waals surface area contributed by atoms with E-state index in [2.05, 4.69) is 66.6 Å². The van der Waals surface area contributed by atoms with Crippen molar-refractivity contribution in [3.63, 3.8) is 0 Å². The molecule has 4 heteroatoms. The van der Waals surface area contributed by atoms with Gasteiger partial charge in [-0.3, -0.25) is 0 Å². The van der Waals surface area contributed by atoms with Gasteiger partial charge in [0.15, 0.2) is 0 Å². The molecule has 20 heavy (non-hydrogen) atoms. The van der Waals surface area contributed by atoms with Crippen LogP contribution in [0.1, 0.15) is 44.5 Å². The van der Waals surface area contributed by atoms with Crippen LogP contribution >= 0.6 is 0 Å². The van der Waals surface area contributed by atoms with Gasteiger partial charge in [0.1, 0.15) is 0 Å². The predicted octanol–water partition coefficient (Wildman–Crippen LogP) is 3.22. The van der Waals surface area contributed by atoms with Crippen molar-refractivity contribution in [1.82, 2.24) is 15.5 Å². The van der Waals surface area contributed by atoms with Crippen LogP contribution in [0, 0.1) is 6.92 Å². The second kappa shape index (κ2) is 6.18. The molecule has 0 aliphatic heterocycles. The molecule has 0 spiro atoms. The van der Waals surface area contributed by atoms with E-state index in [0.29, 0.717) is 24.4 Å². The van der Waals surface area contributed by atoms with Crippen LogP contribution in [0.5, 0.6) is 0 Å². The molecule has 1 aromatic heterocycles. The van der Waals surface area contributed by atoms with Crippen LogP contribution in [0.4, 0.5) is 0 Å². The van der Waals surface area contributed by atoms with E-state index in [1.54, 1.807) is 0 Å². The third-order valence-corrected chi connectivity index (χ3v) is 3.86. The Labute approximate surface area is 120 Å². The summed E-state index contributed by atoms with van der Waals surface area (Å²) >= 11 is 0. The highest BCUT2D eigenvalue weighted by atomic mass is 16.4. The molecule has 108 valence electrons. The Bertz CT molecular complexity index is 534. The summed E-state index contributed by atoms with van der Waals surface area (Å²) < 4.78 is 5.41. The summed E-state index contributed by atoms with van der Waals surface area (Å²) in [7, 11) is 0. The molecule has 0 radical (unpaired) electrons. The molecule has 2 rings (SSSR count). The van der Waals surface area contributed by atoms with E-state index in [9.17, 15) is 0 Å². The van der Waals surface area contributed by atoms with Gasteiger partial charge in [-0.05, 0) is 12.0 Å². The largest absolute Gasteiger partial charge is 0.424 e. The lowest BCUT2D eigenvalue weighted by atomic mass is 9.76. The zero-order valence-electron chi connectivity index (χ0n) is 12.7. The molecule has 0 unspecified atom stereocenters. The maximum absolute atomic E-state index is 5.41. The van der Waals surface area contributed by atoms with E-state index >= 15 is 0 Å². The Kier molecular flexibility index (Phi) is 4.55. The fourth-order valence-corrected chi connectivity index (χ4v) is 2.60. The Morgan fingerprint density at radius 3 is 2.45 bits per heavy atom. The Morgan fingerprint density at radius 1 is 1.20 bits per heavy atom. The predicted molar refractivity (Wildman–Crippen MR) is 79.4 cm³/mol. The third kappa shape index (κ3) is 3.25. The van der Waals surface area contributed by atoms with Crippen molar-refractivity contribution in [1.29, 1.82) is 0 Å². The number of rotatable bonds is 6. The third-order valence-electron chi connectivity index (χ3n) is 3.86. The van der Waals surface area contributed by atoms with Gasteiger partial charge in [0.25, 0.3) is 0 Å². The molecule has 1 N–H and O–H groups in total. The number of nitrogens with one attached hydrogen (secondary N) is 1. The first-order valence-corrected chi connectivity index (χ1v) is 7.12. The van der Waals surface area contributed by atoms with E-state index in [1.807, 2.05) is 6.92 Å². The van der Waals surface area contributed by atoms with Gasteiger partial charge in [-0.15, -0.1) is 10.2 Å². The SMILES string of the molecule is CC[C@@H](NCc1nnc(C)o1)C(C)(C)c1ccccc1. The number of hydrogen-bond acceptors (Lipinski definition) is 4. The lowest BCUT2D eigenvalue weighted by molar-refractivity contribution is 0.313. The molecule has 0 bridgehead atoms. The summed E-state index contributed by atoms with van der Waals surface area (Å²) in [4.78, 5) is 0. The average Bonchev–Trinajstić information content (AvgIpc) is 2.86. The van der Waals surface area contributed by atoms with Crippen molar-refractivity contribution in [2.75, 3.05) is 0 Å². The quantitative estimate of drug-likeness (QED) is 0.878. The van der Waals surface area contributed by atoms with Gasteiger partial charge < -0.3 is 9.73 Å². The number of hydrogen-bond donors (Lipinski definition) is 1. The van der Waals surface area contributed by atoms with Crippen LogP contribution in [0.15, 0.2) is 34.7 Å². The topological polar surface area (TPSA) is 51.0 Å². The average molecular weight is 273 g/mol. The molecule has 0 aliphatic carbocycles. The molecule has 2 aromatic rings. The number of aromatic nitrogens is 2. The number of aryl methyl sites for hydroxylation is 1. The van der Waals surface area contributed by atoms with Gasteiger partial charge in [0, 0.05) is 18.4 Å². The van der Waals surface area contributed by atoms with Gasteiger partial charge in [-0.2, -0.15) is 0 Å². The standard InChI is InChI=1S/C16H23N3O/c1-5-14(17-11-15-19-18-12(2)20-15)16(3,4)13-9-7-6-8-10-13/h6-10,14,17H,5,11H2,1-4H3/t14-/m1/s1. The fraction of sp³-hybridized carbons (Fsp3) is 0.500. The normalized spacial score (nSPS) is 13.4. The second-order valence-corrected chi connectivity index (χ2v) is 5.64. The van der Waals surface area contributed by atoms with Gasteiger partial charge in [-0.1, -0.05) is 51.1 Å². The summed E-state index contributed by atoms with van der Waals surface area (Å²) in [5, 5.41) is 11.4. The minimum absolute atomic E-state index is 0.0467. The first-order valence-electron chi connectivity index (χ1n) is 7.12. The number of nitrogens with zero attached hydrogens (tertiary/aromatic N) is 2. The first-order chi connectivity index (χ1) is 9.54. The molecular weight excluding hydrogens is 250 g/mol. The molecule has 1 heterocycles. The number of benzene rings is 1. The highest BCUT2D eigenvalue weighted by Crippen LogP contribution is 2.28. The lowest BCUT2D eigenvalue weighted by Gasteiger charge is -2.35. The van der Waals surface area contributed by atoms with Crippen LogP contribution in [0.3, 0.4) is 0 Å². The summed E-state index contributed by atoms with van der Waals surface area (Å²) in [5.74, 6) is 1.25. The van der Waals surface area contributed by atoms with Crippen molar-refractivity contribution in [3.8, 4) is 0 Å². The van der Waals surface area contributed by atoms with Gasteiger partial charge in [-0.25, -0.2) is 0 Å². The molecule has 0 fully saturated rings. The highest BCUT2D eigenvalue weighted by Gasteiger charge is 2.29. The molecule has 1 atom stereocenters. The van der Waals surface area contributed by atoms with Crippen LogP contribution in [-0.4, -0.2) is 16.2 Å². The van der Waals surface area contributed by atoms with Crippen molar-refractivity contribution >= 4 is 0 Å². The van der Waals surface area contributed by atoms with Crippen molar-refractivity contribution in [3.05, 3.63) is 47.7 Å². The van der Waals surface area contributed by atoms with E-state index in [0.717, 1.165) is 6.42 Å². The summed E-state index contributed by atoms with van der Waals surface area (Å²) in [6, 6.07) is 10.9. The molecular formula is C16H23N3O. The Morgan fingerprint density at radius 2 is 1.90 bits per heavy atom. The fourth-order valence-electron chi connectivity index (χ4n) is 2.60. The van der Waals surface area contributed by atoms with Gasteiger partial charge in [0.2, 0.25) is 11.8 Å². The molecule has 0 saturated heterocycles. The molecule has 0 saturated carbocycles. The van der Waals surface area contributed by atoms with E-state index in [-0.39, 0.29) is 5.41 Å². The monoisotopic (exact) mass is 273 g/mol. The Hall–Kier alpha value is -1.68. The van der Waals surface area contributed by atoms with E-state index in [4.69, 9.17) is 4.42 Å². The minimum atomic E-state index is 0.0467. The maximum atomic E-state index is 5.41. The maximum Gasteiger partial charge on any atom is 0.230 e. The zero-order chi connectivity index (χ0) is 14.6. The van der Waals surface area contributed by atoms with Gasteiger partial charge >= 0.3 is 0 Å². The summed E-state index contributed by atoms with van der Waals surface area (Å²) in [6.45, 7) is 9.14. The van der Waals surface area contributed by atoms with Gasteiger partial charge in [0.05, 0.1) is 6.54 Å². The lowest BCUT2D eigenvalue weighted by Crippen LogP contribution is -2.44. The zero-order valence-corrected chi connectivity index (χ0v) is 12.7. The second-order valence-electron chi connectivity index (χ2n) is 5.64. The molecule has 0 amide bonds. The van der Waals surface area contributed by atoms with Crippen LogP contribution in [-0.2, 0) is 12.0 Å². The summed E-state index contributed by atoms with van der Waals surface area (Å²) in [6.07, 6.45) is 1.04. The van der Waals surface area contributed by atoms with Crippen LogP contribution in [0.2, 0.25) is 0 Å². The summed E-state index contributed by atoms with van der Waals surface area (Å²) in [5.41, 5.74) is 1.38. The van der Waals surface area contributed by atoms with Crippen molar-refractivity contribution in [2.45, 2.75) is 52.1 Å². The van der Waals surface area contributed by atoms with E-state index in [1.165, 1.54) is 5.56 Å².